The van der Waals surface area contributed by atoms with Crippen LogP contribution in [0.4, 0.5) is 0 Å². The molecule has 0 radical (unpaired) electrons. The Morgan fingerprint density at radius 3 is 2.48 bits per heavy atom. The molecule has 1 aliphatic rings. The maximum atomic E-state index is 10.5. The fourth-order valence-electron chi connectivity index (χ4n) is 2.56. The van der Waals surface area contributed by atoms with Crippen molar-refractivity contribution in [3.63, 3.8) is 0 Å². The highest BCUT2D eigenvalue weighted by molar-refractivity contribution is 6.45. The Kier molecular flexibility index (Phi) is 4.50. The lowest BCUT2D eigenvalue weighted by atomic mass is 9.69. The number of hydrogen-bond acceptors (Lipinski definition) is 4. The van der Waals surface area contributed by atoms with Crippen LogP contribution in [0.2, 0.25) is 0 Å². The first-order chi connectivity index (χ1) is 9.62. The maximum absolute atomic E-state index is 10.5. The van der Waals surface area contributed by atoms with Crippen molar-refractivity contribution in [1.29, 1.82) is 0 Å². The van der Waals surface area contributed by atoms with E-state index in [0.29, 0.717) is 0 Å². The lowest BCUT2D eigenvalue weighted by Gasteiger charge is -2.41. The van der Waals surface area contributed by atoms with Gasteiger partial charge in [0.1, 0.15) is 0 Å². The van der Waals surface area contributed by atoms with Crippen LogP contribution in [0.25, 0.3) is 0 Å². The second-order valence-electron chi connectivity index (χ2n) is 7.03. The zero-order valence-corrected chi connectivity index (χ0v) is 13.6. The summed E-state index contributed by atoms with van der Waals surface area (Å²) in [5, 5.41) is 24.1. The standard InChI is InChI=1S/C16H26BNO3/c1-11-10-12-8-6-7-9-13(12)14(18-11)17(20)21-16(4,5)15(2,3)19/h6-9,11,14,18-20H,10H2,1-5H3. The first kappa shape index (κ1) is 16.5. The predicted molar refractivity (Wildman–Crippen MR) is 84.9 cm³/mol. The van der Waals surface area contributed by atoms with Gasteiger partial charge >= 0.3 is 7.12 Å². The molecule has 4 nitrogen and oxygen atoms in total. The van der Waals surface area contributed by atoms with E-state index in [2.05, 4.69) is 18.3 Å². The van der Waals surface area contributed by atoms with E-state index >= 15 is 0 Å². The Morgan fingerprint density at radius 1 is 1.24 bits per heavy atom. The molecule has 2 unspecified atom stereocenters. The van der Waals surface area contributed by atoms with E-state index in [4.69, 9.17) is 4.65 Å². The molecule has 2 rings (SSSR count). The first-order valence-corrected chi connectivity index (χ1v) is 7.54. The lowest BCUT2D eigenvalue weighted by Crippen LogP contribution is -2.54. The van der Waals surface area contributed by atoms with Crippen LogP contribution < -0.4 is 5.32 Å². The van der Waals surface area contributed by atoms with Crippen molar-refractivity contribution in [1.82, 2.24) is 5.32 Å². The normalized spacial score (nSPS) is 22.8. The molecule has 116 valence electrons. The summed E-state index contributed by atoms with van der Waals surface area (Å²) in [6.45, 7) is 9.04. The van der Waals surface area contributed by atoms with E-state index in [-0.39, 0.29) is 12.0 Å². The molecule has 3 N–H and O–H groups in total. The summed E-state index contributed by atoms with van der Waals surface area (Å²) >= 11 is 0. The summed E-state index contributed by atoms with van der Waals surface area (Å²) in [5.41, 5.74) is 0.393. The lowest BCUT2D eigenvalue weighted by molar-refractivity contribution is -0.102. The largest absolute Gasteiger partial charge is 0.477 e. The topological polar surface area (TPSA) is 61.7 Å². The Labute approximate surface area is 127 Å². The predicted octanol–water partition coefficient (Wildman–Crippen LogP) is 1.85. The highest BCUT2D eigenvalue weighted by Crippen LogP contribution is 2.31. The van der Waals surface area contributed by atoms with Crippen molar-refractivity contribution in [2.75, 3.05) is 0 Å². The average Bonchev–Trinajstić information content (AvgIpc) is 2.35. The monoisotopic (exact) mass is 291 g/mol. The summed E-state index contributed by atoms with van der Waals surface area (Å²) in [5.74, 6) is -0.286. The molecule has 0 aromatic heterocycles. The number of rotatable bonds is 4. The second-order valence-corrected chi connectivity index (χ2v) is 7.03. The number of benzene rings is 1. The van der Waals surface area contributed by atoms with Crippen LogP contribution in [0.5, 0.6) is 0 Å². The van der Waals surface area contributed by atoms with Crippen LogP contribution in [0.3, 0.4) is 0 Å². The average molecular weight is 291 g/mol. The SMILES string of the molecule is CC1Cc2ccccc2C(B(O)OC(C)(C)C(C)(C)O)N1. The van der Waals surface area contributed by atoms with E-state index in [1.807, 2.05) is 18.2 Å². The van der Waals surface area contributed by atoms with Gasteiger partial charge in [-0.25, -0.2) is 0 Å². The summed E-state index contributed by atoms with van der Waals surface area (Å²) in [4.78, 5) is 0. The maximum Gasteiger partial charge on any atom is 0.477 e. The van der Waals surface area contributed by atoms with Gasteiger partial charge in [0.05, 0.1) is 17.1 Å². The molecule has 1 aliphatic heterocycles. The van der Waals surface area contributed by atoms with Crippen LogP contribution in [0, 0.1) is 0 Å². The number of fused-ring (bicyclic) bond motifs is 1. The minimum Gasteiger partial charge on any atom is -0.426 e. The summed E-state index contributed by atoms with van der Waals surface area (Å²) in [6.07, 6.45) is 0.939. The third kappa shape index (κ3) is 3.48. The molecule has 0 aliphatic carbocycles. The van der Waals surface area contributed by atoms with Crippen molar-refractivity contribution in [2.45, 2.75) is 64.2 Å². The van der Waals surface area contributed by atoms with Crippen LogP contribution in [-0.2, 0) is 11.1 Å². The second kappa shape index (κ2) is 5.73. The van der Waals surface area contributed by atoms with Crippen molar-refractivity contribution >= 4 is 7.12 Å². The molecule has 0 spiro atoms. The van der Waals surface area contributed by atoms with Gasteiger partial charge in [-0.2, -0.15) is 0 Å². The van der Waals surface area contributed by atoms with Gasteiger partial charge in [0, 0.05) is 6.04 Å². The van der Waals surface area contributed by atoms with E-state index in [9.17, 15) is 10.1 Å². The molecular formula is C16H26BNO3. The zero-order chi connectivity index (χ0) is 15.8. The molecular weight excluding hydrogens is 265 g/mol. The van der Waals surface area contributed by atoms with Crippen molar-refractivity contribution in [2.24, 2.45) is 0 Å². The van der Waals surface area contributed by atoms with Gasteiger partial charge in [-0.3, -0.25) is 0 Å². The first-order valence-electron chi connectivity index (χ1n) is 7.54. The van der Waals surface area contributed by atoms with Gasteiger partial charge in [0.15, 0.2) is 0 Å². The molecule has 1 aromatic carbocycles. The molecule has 0 amide bonds. The molecule has 1 heterocycles. The molecule has 0 bridgehead atoms. The van der Waals surface area contributed by atoms with Gasteiger partial charge in [-0.05, 0) is 52.2 Å². The van der Waals surface area contributed by atoms with E-state index in [1.54, 1.807) is 27.7 Å². The third-order valence-electron chi connectivity index (χ3n) is 4.55. The van der Waals surface area contributed by atoms with Gasteiger partial charge in [-0.1, -0.05) is 24.3 Å². The minimum absolute atomic E-state index is 0.272. The molecule has 5 heteroatoms. The van der Waals surface area contributed by atoms with Crippen LogP contribution in [-0.4, -0.2) is 34.5 Å². The van der Waals surface area contributed by atoms with Gasteiger partial charge in [0.25, 0.3) is 0 Å². The molecule has 0 saturated heterocycles. The van der Waals surface area contributed by atoms with E-state index in [1.165, 1.54) is 5.56 Å². The summed E-state index contributed by atoms with van der Waals surface area (Å²) < 4.78 is 5.79. The number of nitrogens with one attached hydrogen (secondary N) is 1. The fourth-order valence-corrected chi connectivity index (χ4v) is 2.56. The number of hydrogen-bond donors (Lipinski definition) is 3. The third-order valence-corrected chi connectivity index (χ3v) is 4.55. The van der Waals surface area contributed by atoms with Crippen LogP contribution >= 0.6 is 0 Å². The molecule has 21 heavy (non-hydrogen) atoms. The molecule has 0 fully saturated rings. The minimum atomic E-state index is -1.05. The summed E-state index contributed by atoms with van der Waals surface area (Å²) in [7, 11) is -1.02. The zero-order valence-electron chi connectivity index (χ0n) is 13.6. The van der Waals surface area contributed by atoms with Gasteiger partial charge in [-0.15, -0.1) is 0 Å². The Morgan fingerprint density at radius 2 is 1.86 bits per heavy atom. The Bertz CT molecular complexity index is 499. The smallest absolute Gasteiger partial charge is 0.426 e. The van der Waals surface area contributed by atoms with Crippen LogP contribution in [0.1, 0.15) is 51.7 Å². The Balaban J connectivity index is 2.22. The van der Waals surface area contributed by atoms with Crippen LogP contribution in [0.15, 0.2) is 24.3 Å². The van der Waals surface area contributed by atoms with Gasteiger partial charge < -0.3 is 20.1 Å². The number of aliphatic hydroxyl groups is 1. The highest BCUT2D eigenvalue weighted by atomic mass is 16.5. The molecule has 2 atom stereocenters. The molecule has 1 aromatic rings. The summed E-state index contributed by atoms with van der Waals surface area (Å²) in [6, 6.07) is 8.36. The van der Waals surface area contributed by atoms with Crippen molar-refractivity contribution in [3.8, 4) is 0 Å². The quantitative estimate of drug-likeness (QED) is 0.741. The molecule has 0 saturated carbocycles. The highest BCUT2D eigenvalue weighted by Gasteiger charge is 2.43. The van der Waals surface area contributed by atoms with E-state index < -0.39 is 18.3 Å². The fraction of sp³-hybridized carbons (Fsp3) is 0.625. The van der Waals surface area contributed by atoms with Crippen molar-refractivity contribution < 1.29 is 14.8 Å². The van der Waals surface area contributed by atoms with E-state index in [0.717, 1.165) is 12.0 Å². The Hall–Kier alpha value is -0.875. The van der Waals surface area contributed by atoms with Crippen molar-refractivity contribution in [3.05, 3.63) is 35.4 Å². The van der Waals surface area contributed by atoms with Gasteiger partial charge in [0.2, 0.25) is 0 Å².